The highest BCUT2D eigenvalue weighted by Gasteiger charge is 2.14. The minimum absolute atomic E-state index is 0.224. The van der Waals surface area contributed by atoms with Crippen molar-refractivity contribution in [2.45, 2.75) is 26.2 Å². The molecule has 0 aliphatic carbocycles. The van der Waals surface area contributed by atoms with E-state index < -0.39 is 0 Å². The smallest absolute Gasteiger partial charge is 0.161 e. The Morgan fingerprint density at radius 1 is 0.960 bits per heavy atom. The summed E-state index contributed by atoms with van der Waals surface area (Å²) in [4.78, 5) is 0. The molecule has 0 aliphatic rings. The first-order valence-electron chi connectivity index (χ1n) is 8.71. The van der Waals surface area contributed by atoms with Crippen LogP contribution in [-0.2, 0) is 6.42 Å². The Morgan fingerprint density at radius 2 is 1.76 bits per heavy atom. The number of benzene rings is 2. The molecule has 0 bridgehead atoms. The Hall–Kier alpha value is -2.20. The van der Waals surface area contributed by atoms with Gasteiger partial charge in [0.25, 0.3) is 0 Å². The lowest BCUT2D eigenvalue weighted by Gasteiger charge is -2.18. The van der Waals surface area contributed by atoms with Gasteiger partial charge in [-0.1, -0.05) is 32.0 Å². The first-order valence-corrected chi connectivity index (χ1v) is 8.71. The SMILES string of the molecule is COc1cccc(C(CN)Cc2ccc(OCC(C)C)c(OC)c2)c1. The Kier molecular flexibility index (Phi) is 7.14. The molecule has 1 atom stereocenters. The van der Waals surface area contributed by atoms with Crippen molar-refractivity contribution in [3.8, 4) is 17.2 Å². The van der Waals surface area contributed by atoms with E-state index in [0.717, 1.165) is 23.7 Å². The molecule has 0 aromatic heterocycles. The Labute approximate surface area is 150 Å². The van der Waals surface area contributed by atoms with E-state index in [0.29, 0.717) is 19.1 Å². The fourth-order valence-electron chi connectivity index (χ4n) is 2.73. The number of ether oxygens (including phenoxy) is 3. The van der Waals surface area contributed by atoms with Crippen molar-refractivity contribution in [2.75, 3.05) is 27.4 Å². The molecule has 2 aromatic carbocycles. The molecule has 0 saturated heterocycles. The summed E-state index contributed by atoms with van der Waals surface area (Å²) < 4.78 is 16.6. The molecule has 0 fully saturated rings. The fourth-order valence-corrected chi connectivity index (χ4v) is 2.73. The van der Waals surface area contributed by atoms with Gasteiger partial charge in [-0.05, 0) is 54.3 Å². The van der Waals surface area contributed by atoms with Gasteiger partial charge in [0.15, 0.2) is 11.5 Å². The number of methoxy groups -OCH3 is 2. The zero-order valence-electron chi connectivity index (χ0n) is 15.6. The fraction of sp³-hybridized carbons (Fsp3) is 0.429. The van der Waals surface area contributed by atoms with Gasteiger partial charge in [-0.3, -0.25) is 0 Å². The van der Waals surface area contributed by atoms with E-state index in [-0.39, 0.29) is 5.92 Å². The summed E-state index contributed by atoms with van der Waals surface area (Å²) in [5.41, 5.74) is 8.38. The summed E-state index contributed by atoms with van der Waals surface area (Å²) >= 11 is 0. The minimum atomic E-state index is 0.224. The normalized spacial score (nSPS) is 12.1. The van der Waals surface area contributed by atoms with E-state index in [2.05, 4.69) is 32.0 Å². The van der Waals surface area contributed by atoms with Crippen LogP contribution < -0.4 is 19.9 Å². The summed E-state index contributed by atoms with van der Waals surface area (Å²) in [6, 6.07) is 14.2. The summed E-state index contributed by atoms with van der Waals surface area (Å²) in [6.45, 7) is 5.49. The summed E-state index contributed by atoms with van der Waals surface area (Å²) in [7, 11) is 3.35. The third-order valence-corrected chi connectivity index (χ3v) is 4.13. The maximum atomic E-state index is 6.03. The van der Waals surface area contributed by atoms with Crippen LogP contribution in [0, 0.1) is 5.92 Å². The maximum Gasteiger partial charge on any atom is 0.161 e. The molecule has 0 spiro atoms. The number of hydrogen-bond acceptors (Lipinski definition) is 4. The summed E-state index contributed by atoms with van der Waals surface area (Å²) in [6.07, 6.45) is 0.838. The van der Waals surface area contributed by atoms with Crippen LogP contribution >= 0.6 is 0 Å². The molecule has 2 N–H and O–H groups in total. The van der Waals surface area contributed by atoms with Crippen molar-refractivity contribution in [2.24, 2.45) is 11.7 Å². The standard InChI is InChI=1S/C21H29NO3/c1-15(2)14-25-20-9-8-16(11-21(20)24-4)10-18(13-22)17-6-5-7-19(12-17)23-3/h5-9,11-12,15,18H,10,13-14,22H2,1-4H3. The molecule has 1 unspecified atom stereocenters. The highest BCUT2D eigenvalue weighted by Crippen LogP contribution is 2.31. The monoisotopic (exact) mass is 343 g/mol. The van der Waals surface area contributed by atoms with Crippen molar-refractivity contribution < 1.29 is 14.2 Å². The second-order valence-electron chi connectivity index (χ2n) is 6.60. The van der Waals surface area contributed by atoms with Crippen LogP contribution in [0.25, 0.3) is 0 Å². The molecule has 0 aliphatic heterocycles. The predicted octanol–water partition coefficient (Wildman–Crippen LogP) is 4.02. The van der Waals surface area contributed by atoms with Gasteiger partial charge >= 0.3 is 0 Å². The topological polar surface area (TPSA) is 53.7 Å². The molecule has 4 nitrogen and oxygen atoms in total. The van der Waals surface area contributed by atoms with Gasteiger partial charge in [-0.25, -0.2) is 0 Å². The van der Waals surface area contributed by atoms with E-state index in [1.807, 2.05) is 24.3 Å². The van der Waals surface area contributed by atoms with Gasteiger partial charge in [-0.15, -0.1) is 0 Å². The third kappa shape index (κ3) is 5.40. The highest BCUT2D eigenvalue weighted by molar-refractivity contribution is 5.43. The van der Waals surface area contributed by atoms with Crippen LogP contribution in [-0.4, -0.2) is 27.4 Å². The third-order valence-electron chi connectivity index (χ3n) is 4.13. The largest absolute Gasteiger partial charge is 0.497 e. The van der Waals surface area contributed by atoms with E-state index in [9.17, 15) is 0 Å². The highest BCUT2D eigenvalue weighted by atomic mass is 16.5. The van der Waals surface area contributed by atoms with Crippen molar-refractivity contribution in [3.63, 3.8) is 0 Å². The van der Waals surface area contributed by atoms with E-state index >= 15 is 0 Å². The molecule has 0 amide bonds. The molecular weight excluding hydrogens is 314 g/mol. The zero-order valence-corrected chi connectivity index (χ0v) is 15.6. The Bertz CT molecular complexity index is 670. The van der Waals surface area contributed by atoms with Crippen molar-refractivity contribution >= 4 is 0 Å². The molecular formula is C21H29NO3. The Morgan fingerprint density at radius 3 is 2.40 bits per heavy atom. The quantitative estimate of drug-likeness (QED) is 0.747. The molecule has 4 heteroatoms. The van der Waals surface area contributed by atoms with Crippen LogP contribution in [0.5, 0.6) is 17.2 Å². The van der Waals surface area contributed by atoms with Crippen molar-refractivity contribution in [3.05, 3.63) is 53.6 Å². The van der Waals surface area contributed by atoms with E-state index in [4.69, 9.17) is 19.9 Å². The van der Waals surface area contributed by atoms with E-state index in [1.54, 1.807) is 14.2 Å². The summed E-state index contributed by atoms with van der Waals surface area (Å²) in [5.74, 6) is 3.09. The minimum Gasteiger partial charge on any atom is -0.497 e. The molecule has 2 rings (SSSR count). The summed E-state index contributed by atoms with van der Waals surface area (Å²) in [5, 5.41) is 0. The lowest BCUT2D eigenvalue weighted by atomic mass is 9.92. The van der Waals surface area contributed by atoms with Crippen LogP contribution in [0.2, 0.25) is 0 Å². The first-order chi connectivity index (χ1) is 12.1. The average molecular weight is 343 g/mol. The molecule has 0 saturated carbocycles. The lowest BCUT2D eigenvalue weighted by molar-refractivity contribution is 0.256. The second kappa shape index (κ2) is 9.33. The van der Waals surface area contributed by atoms with Gasteiger partial charge in [0, 0.05) is 5.92 Å². The lowest BCUT2D eigenvalue weighted by Crippen LogP contribution is -2.15. The number of rotatable bonds is 9. The van der Waals surface area contributed by atoms with Crippen molar-refractivity contribution in [1.82, 2.24) is 0 Å². The van der Waals surface area contributed by atoms with Gasteiger partial charge in [0.2, 0.25) is 0 Å². The van der Waals surface area contributed by atoms with Crippen molar-refractivity contribution in [1.29, 1.82) is 0 Å². The Balaban J connectivity index is 2.16. The van der Waals surface area contributed by atoms with Gasteiger partial charge in [0.1, 0.15) is 5.75 Å². The van der Waals surface area contributed by atoms with Crippen LogP contribution in [0.3, 0.4) is 0 Å². The van der Waals surface area contributed by atoms with Crippen LogP contribution in [0.15, 0.2) is 42.5 Å². The number of nitrogens with two attached hydrogens (primary N) is 1. The molecule has 25 heavy (non-hydrogen) atoms. The molecule has 0 radical (unpaired) electrons. The van der Waals surface area contributed by atoms with Crippen LogP contribution in [0.1, 0.15) is 30.9 Å². The molecule has 0 heterocycles. The maximum absolute atomic E-state index is 6.03. The predicted molar refractivity (Wildman–Crippen MR) is 102 cm³/mol. The van der Waals surface area contributed by atoms with Gasteiger partial charge < -0.3 is 19.9 Å². The molecule has 136 valence electrons. The number of hydrogen-bond donors (Lipinski definition) is 1. The van der Waals surface area contributed by atoms with E-state index in [1.165, 1.54) is 11.1 Å². The zero-order chi connectivity index (χ0) is 18.2. The first kappa shape index (κ1) is 19.1. The average Bonchev–Trinajstić information content (AvgIpc) is 2.64. The van der Waals surface area contributed by atoms with Gasteiger partial charge in [0.05, 0.1) is 20.8 Å². The second-order valence-corrected chi connectivity index (χ2v) is 6.60. The van der Waals surface area contributed by atoms with Gasteiger partial charge in [-0.2, -0.15) is 0 Å². The molecule has 2 aromatic rings. The van der Waals surface area contributed by atoms with Crippen LogP contribution in [0.4, 0.5) is 0 Å².